The van der Waals surface area contributed by atoms with Gasteiger partial charge in [-0.3, -0.25) is 0 Å². The van der Waals surface area contributed by atoms with E-state index in [1.165, 1.54) is 11.1 Å². The first-order valence-electron chi connectivity index (χ1n) is 7.76. The molecule has 1 unspecified atom stereocenters. The summed E-state index contributed by atoms with van der Waals surface area (Å²) in [6, 6.07) is 13.9. The number of hydrogen-bond donors (Lipinski definition) is 1. The summed E-state index contributed by atoms with van der Waals surface area (Å²) in [5, 5.41) is 10.5. The highest BCUT2D eigenvalue weighted by Gasteiger charge is 2.15. The fraction of sp³-hybridized carbons (Fsp3) is 0.263. The van der Waals surface area contributed by atoms with E-state index in [0.29, 0.717) is 5.75 Å². The maximum Gasteiger partial charge on any atom is 0.139 e. The van der Waals surface area contributed by atoms with Crippen molar-refractivity contribution in [3.8, 4) is 5.75 Å². The number of rotatable bonds is 4. The predicted octanol–water partition coefficient (Wildman–Crippen LogP) is 3.71. The average Bonchev–Trinajstić information content (AvgIpc) is 2.55. The van der Waals surface area contributed by atoms with Gasteiger partial charge in [0, 0.05) is 18.5 Å². The molecule has 3 aromatic rings. The number of hydrogen-bond acceptors (Lipinski definition) is 4. The van der Waals surface area contributed by atoms with Crippen molar-refractivity contribution in [3.05, 3.63) is 59.9 Å². The van der Waals surface area contributed by atoms with Gasteiger partial charge in [-0.05, 0) is 50.1 Å². The minimum atomic E-state index is 0.276. The second kappa shape index (κ2) is 6.24. The molecule has 4 nitrogen and oxygen atoms in total. The molecule has 1 heterocycles. The Balaban J connectivity index is 1.88. The van der Waals surface area contributed by atoms with Crippen LogP contribution in [0.5, 0.6) is 5.75 Å². The van der Waals surface area contributed by atoms with Crippen molar-refractivity contribution in [1.29, 1.82) is 0 Å². The van der Waals surface area contributed by atoms with Crippen LogP contribution in [-0.2, 0) is 6.42 Å². The van der Waals surface area contributed by atoms with Crippen LogP contribution in [0.1, 0.15) is 18.1 Å². The molecule has 0 spiro atoms. The molecule has 1 aromatic heterocycles. The lowest BCUT2D eigenvalue weighted by atomic mass is 10.1. The lowest BCUT2D eigenvalue weighted by Crippen LogP contribution is -2.31. The van der Waals surface area contributed by atoms with Crippen LogP contribution in [0.2, 0.25) is 0 Å². The zero-order chi connectivity index (χ0) is 16.4. The van der Waals surface area contributed by atoms with E-state index < -0.39 is 0 Å². The molecule has 0 amide bonds. The van der Waals surface area contributed by atoms with Crippen LogP contribution < -0.4 is 4.90 Å². The smallest absolute Gasteiger partial charge is 0.139 e. The molecule has 0 aliphatic rings. The van der Waals surface area contributed by atoms with Crippen LogP contribution in [0.15, 0.2) is 48.8 Å². The molecule has 3 rings (SSSR count). The minimum Gasteiger partial charge on any atom is -0.508 e. The first-order valence-corrected chi connectivity index (χ1v) is 7.76. The summed E-state index contributed by atoms with van der Waals surface area (Å²) < 4.78 is 0. The number of phenols is 1. The summed E-state index contributed by atoms with van der Waals surface area (Å²) in [7, 11) is 2.06. The van der Waals surface area contributed by atoms with Crippen LogP contribution in [0, 0.1) is 6.92 Å². The SMILES string of the molecule is Cc1ccc2ncnc(N(C)C(C)Cc3ccc(O)cc3)c2c1. The summed E-state index contributed by atoms with van der Waals surface area (Å²) >= 11 is 0. The molecule has 23 heavy (non-hydrogen) atoms. The molecule has 0 saturated carbocycles. The summed E-state index contributed by atoms with van der Waals surface area (Å²) in [5.41, 5.74) is 3.36. The number of likely N-dealkylation sites (N-methyl/N-ethyl adjacent to an activating group) is 1. The Bertz CT molecular complexity index is 814. The Labute approximate surface area is 136 Å². The molecule has 0 aliphatic carbocycles. The maximum absolute atomic E-state index is 9.39. The standard InChI is InChI=1S/C19H21N3O/c1-13-4-9-18-17(10-13)19(21-12-20-18)22(3)14(2)11-15-5-7-16(23)8-6-15/h4-10,12,14,23H,11H2,1-3H3. The van der Waals surface area contributed by atoms with Gasteiger partial charge >= 0.3 is 0 Å². The van der Waals surface area contributed by atoms with Gasteiger partial charge in [-0.2, -0.15) is 0 Å². The quantitative estimate of drug-likeness (QED) is 0.798. The van der Waals surface area contributed by atoms with E-state index in [1.807, 2.05) is 18.2 Å². The van der Waals surface area contributed by atoms with Gasteiger partial charge in [0.2, 0.25) is 0 Å². The van der Waals surface area contributed by atoms with Crippen LogP contribution in [0.4, 0.5) is 5.82 Å². The molecule has 1 atom stereocenters. The third-order valence-electron chi connectivity index (χ3n) is 4.23. The van der Waals surface area contributed by atoms with Gasteiger partial charge in [0.15, 0.2) is 0 Å². The van der Waals surface area contributed by atoms with Crippen molar-refractivity contribution in [2.75, 3.05) is 11.9 Å². The van der Waals surface area contributed by atoms with Crippen molar-refractivity contribution < 1.29 is 5.11 Å². The van der Waals surface area contributed by atoms with Gasteiger partial charge in [0.05, 0.1) is 5.52 Å². The van der Waals surface area contributed by atoms with E-state index in [1.54, 1.807) is 18.5 Å². The number of benzene rings is 2. The largest absolute Gasteiger partial charge is 0.508 e. The molecule has 0 radical (unpaired) electrons. The van der Waals surface area contributed by atoms with Crippen LogP contribution in [0.3, 0.4) is 0 Å². The molecular weight excluding hydrogens is 286 g/mol. The Hall–Kier alpha value is -2.62. The molecule has 0 fully saturated rings. The van der Waals surface area contributed by atoms with E-state index in [9.17, 15) is 5.11 Å². The maximum atomic E-state index is 9.39. The molecular formula is C19H21N3O. The monoisotopic (exact) mass is 307 g/mol. The lowest BCUT2D eigenvalue weighted by molar-refractivity contribution is 0.475. The number of phenolic OH excluding ortho intramolecular Hbond substituents is 1. The summed E-state index contributed by atoms with van der Waals surface area (Å²) in [6.45, 7) is 4.26. The zero-order valence-electron chi connectivity index (χ0n) is 13.7. The molecule has 4 heteroatoms. The molecule has 0 bridgehead atoms. The Morgan fingerprint density at radius 3 is 2.57 bits per heavy atom. The van der Waals surface area contributed by atoms with Crippen molar-refractivity contribution in [2.45, 2.75) is 26.3 Å². The fourth-order valence-electron chi connectivity index (χ4n) is 2.76. The van der Waals surface area contributed by atoms with Crippen molar-refractivity contribution in [2.24, 2.45) is 0 Å². The molecule has 2 aromatic carbocycles. The third-order valence-corrected chi connectivity index (χ3v) is 4.23. The Kier molecular flexibility index (Phi) is 4.15. The van der Waals surface area contributed by atoms with Crippen LogP contribution in [0.25, 0.3) is 10.9 Å². The van der Waals surface area contributed by atoms with Gasteiger partial charge in [0.25, 0.3) is 0 Å². The first-order chi connectivity index (χ1) is 11.0. The fourth-order valence-corrected chi connectivity index (χ4v) is 2.76. The molecule has 1 N–H and O–H groups in total. The Morgan fingerprint density at radius 1 is 1.09 bits per heavy atom. The summed E-state index contributed by atoms with van der Waals surface area (Å²) in [6.07, 6.45) is 2.50. The lowest BCUT2D eigenvalue weighted by Gasteiger charge is -2.27. The van der Waals surface area contributed by atoms with E-state index in [0.717, 1.165) is 23.1 Å². The predicted molar refractivity (Wildman–Crippen MR) is 94.0 cm³/mol. The Morgan fingerprint density at radius 2 is 1.83 bits per heavy atom. The molecule has 0 aliphatic heterocycles. The number of fused-ring (bicyclic) bond motifs is 1. The van der Waals surface area contributed by atoms with Crippen LogP contribution >= 0.6 is 0 Å². The topological polar surface area (TPSA) is 49.2 Å². The second-order valence-electron chi connectivity index (χ2n) is 6.05. The van der Waals surface area contributed by atoms with E-state index in [4.69, 9.17) is 0 Å². The highest BCUT2D eigenvalue weighted by Crippen LogP contribution is 2.25. The highest BCUT2D eigenvalue weighted by molar-refractivity contribution is 5.89. The third kappa shape index (κ3) is 3.26. The van der Waals surface area contributed by atoms with Crippen LogP contribution in [-0.4, -0.2) is 28.2 Å². The molecule has 0 saturated heterocycles. The normalized spacial score (nSPS) is 12.3. The number of nitrogens with zero attached hydrogens (tertiary/aromatic N) is 3. The summed E-state index contributed by atoms with van der Waals surface area (Å²) in [4.78, 5) is 11.0. The second-order valence-corrected chi connectivity index (χ2v) is 6.05. The number of anilines is 1. The van der Waals surface area contributed by atoms with E-state index in [2.05, 4.69) is 47.9 Å². The molecule has 118 valence electrons. The zero-order valence-corrected chi connectivity index (χ0v) is 13.7. The first kappa shape index (κ1) is 15.3. The van der Waals surface area contributed by atoms with Gasteiger partial charge < -0.3 is 10.0 Å². The number of aromatic nitrogens is 2. The minimum absolute atomic E-state index is 0.276. The number of aryl methyl sites for hydroxylation is 1. The van der Waals surface area contributed by atoms with E-state index in [-0.39, 0.29) is 6.04 Å². The highest BCUT2D eigenvalue weighted by atomic mass is 16.3. The summed E-state index contributed by atoms with van der Waals surface area (Å²) in [5.74, 6) is 1.25. The van der Waals surface area contributed by atoms with Crippen molar-refractivity contribution in [3.63, 3.8) is 0 Å². The van der Waals surface area contributed by atoms with Gasteiger partial charge in [-0.15, -0.1) is 0 Å². The number of aromatic hydroxyl groups is 1. The van der Waals surface area contributed by atoms with E-state index >= 15 is 0 Å². The average molecular weight is 307 g/mol. The van der Waals surface area contributed by atoms with Crippen molar-refractivity contribution >= 4 is 16.7 Å². The van der Waals surface area contributed by atoms with Gasteiger partial charge in [0.1, 0.15) is 17.9 Å². The van der Waals surface area contributed by atoms with Crippen molar-refractivity contribution in [1.82, 2.24) is 9.97 Å². The van der Waals surface area contributed by atoms with Gasteiger partial charge in [-0.25, -0.2) is 9.97 Å². The van der Waals surface area contributed by atoms with Gasteiger partial charge in [-0.1, -0.05) is 23.8 Å².